The van der Waals surface area contributed by atoms with Crippen molar-refractivity contribution in [2.75, 3.05) is 0 Å². The molecule has 0 spiro atoms. The van der Waals surface area contributed by atoms with Crippen molar-refractivity contribution in [2.24, 2.45) is 0 Å². The van der Waals surface area contributed by atoms with E-state index in [1.54, 1.807) is 0 Å². The maximum Gasteiger partial charge on any atom is 0.419 e. The molecule has 0 aromatic heterocycles. The molecule has 0 aromatic rings. The Morgan fingerprint density at radius 2 is 1.40 bits per heavy atom. The molecular formula is C8H14O6Si. The van der Waals surface area contributed by atoms with Crippen LogP contribution >= 0.6 is 0 Å². The molecule has 0 bridgehead atoms. The van der Waals surface area contributed by atoms with E-state index in [9.17, 15) is 14.4 Å². The summed E-state index contributed by atoms with van der Waals surface area (Å²) >= 11 is 0. The Labute approximate surface area is 91.5 Å². The first kappa shape index (κ1) is 11.7. The predicted molar refractivity (Wildman–Crippen MR) is 52.8 cm³/mol. The van der Waals surface area contributed by atoms with E-state index in [2.05, 4.69) is 14.2 Å². The Bertz CT molecular complexity index is 251. The van der Waals surface area contributed by atoms with E-state index in [0.29, 0.717) is 0 Å². The third kappa shape index (κ3) is 5.16. The van der Waals surface area contributed by atoms with Crippen molar-refractivity contribution in [1.29, 1.82) is 1.23 Å². The molecule has 15 heavy (non-hydrogen) atoms. The zero-order valence-electron chi connectivity index (χ0n) is 9.86. The number of rotatable bonds is 5. The Morgan fingerprint density at radius 3 is 1.60 bits per heavy atom. The van der Waals surface area contributed by atoms with Crippen LogP contribution in [0, 0.1) is 0 Å². The van der Waals surface area contributed by atoms with E-state index < -0.39 is 34.1 Å². The maximum atomic E-state index is 10.8. The van der Waals surface area contributed by atoms with Crippen LogP contribution < -0.4 is 0 Å². The van der Waals surface area contributed by atoms with E-state index in [-0.39, 0.29) is 6.04 Å². The third-order valence-corrected chi connectivity index (χ3v) is 1.82. The minimum atomic E-state index is -2.06. The van der Waals surface area contributed by atoms with Crippen molar-refractivity contribution in [3.63, 3.8) is 0 Å². The lowest BCUT2D eigenvalue weighted by Gasteiger charge is -2.28. The molecule has 0 aromatic carbocycles. The van der Waals surface area contributed by atoms with Crippen LogP contribution in [0.1, 0.15) is 20.8 Å². The maximum absolute atomic E-state index is 10.8. The summed E-state index contributed by atoms with van der Waals surface area (Å²) in [6, 6.07) is -0.105. The van der Waals surface area contributed by atoms with Gasteiger partial charge in [-0.1, -0.05) is 0 Å². The van der Waals surface area contributed by atoms with Crippen molar-refractivity contribution in [3.05, 3.63) is 0 Å². The van der Waals surface area contributed by atoms with Gasteiger partial charge in [-0.05, 0) is 0 Å². The SMILES string of the molecule is [2H][SiH2]CC(OC(C)=O)(OC(C)=O)OC(C)=O. The summed E-state index contributed by atoms with van der Waals surface area (Å²) in [5.74, 6) is -4.34. The fourth-order valence-corrected chi connectivity index (χ4v) is 1.18. The summed E-state index contributed by atoms with van der Waals surface area (Å²) in [6.45, 7) is 3.27. The quantitative estimate of drug-likeness (QED) is 0.349. The molecule has 6 nitrogen and oxygen atoms in total. The second-order valence-corrected chi connectivity index (χ2v) is 3.21. The molecule has 7 heteroatoms. The molecule has 0 aliphatic heterocycles. The van der Waals surface area contributed by atoms with Crippen LogP contribution in [0.25, 0.3) is 0 Å². The van der Waals surface area contributed by atoms with Gasteiger partial charge in [-0.2, -0.15) is 0 Å². The van der Waals surface area contributed by atoms with Gasteiger partial charge < -0.3 is 14.2 Å². The molecule has 0 radical (unpaired) electrons. The number of hydrogen-bond acceptors (Lipinski definition) is 6. The first-order chi connectivity index (χ1) is 7.31. The molecule has 0 unspecified atom stereocenters. The highest BCUT2D eigenvalue weighted by molar-refractivity contribution is 6.09. The monoisotopic (exact) mass is 235 g/mol. The largest absolute Gasteiger partial charge is 0.419 e. The summed E-state index contributed by atoms with van der Waals surface area (Å²) in [5.41, 5.74) is 0. The minimum absolute atomic E-state index is 0.105. The van der Waals surface area contributed by atoms with Crippen LogP contribution in [-0.4, -0.2) is 35.3 Å². The Balaban J connectivity index is 4.93. The number of ether oxygens (including phenoxy) is 3. The Kier molecular flexibility index (Phi) is 4.29. The van der Waals surface area contributed by atoms with E-state index in [4.69, 9.17) is 1.23 Å². The molecule has 86 valence electrons. The summed E-state index contributed by atoms with van der Waals surface area (Å²) < 4.78 is 21.2. The van der Waals surface area contributed by atoms with E-state index >= 15 is 0 Å². The number of hydrogen-bond donors (Lipinski definition) is 0. The van der Waals surface area contributed by atoms with Crippen molar-refractivity contribution >= 4 is 28.1 Å². The summed E-state index contributed by atoms with van der Waals surface area (Å²) in [6.07, 6.45) is 0. The molecule has 0 aliphatic rings. The molecule has 0 amide bonds. The van der Waals surface area contributed by atoms with E-state index in [0.717, 1.165) is 20.8 Å². The van der Waals surface area contributed by atoms with Gasteiger partial charge in [0.05, 0.1) is 6.04 Å². The average molecular weight is 235 g/mol. The summed E-state index contributed by atoms with van der Waals surface area (Å²) in [7, 11) is -1.40. The smallest absolute Gasteiger partial charge is 0.388 e. The predicted octanol–water partition coefficient (Wildman–Crippen LogP) is -0.887. The van der Waals surface area contributed by atoms with Crippen molar-refractivity contribution in [3.8, 4) is 0 Å². The van der Waals surface area contributed by atoms with Crippen LogP contribution in [0.15, 0.2) is 0 Å². The van der Waals surface area contributed by atoms with Gasteiger partial charge in [-0.25, -0.2) is 0 Å². The standard InChI is InChI=1S/C8H14O6Si/c1-5(9)12-8(4-15,13-6(2)10)14-7(3)11/h4H2,1-3,15H3/i15D. The molecule has 0 fully saturated rings. The zero-order chi connectivity index (χ0) is 12.8. The lowest BCUT2D eigenvalue weighted by Crippen LogP contribution is -2.42. The van der Waals surface area contributed by atoms with E-state index in [1.807, 2.05) is 0 Å². The summed E-state index contributed by atoms with van der Waals surface area (Å²) in [4.78, 5) is 32.5. The molecule has 0 N–H and O–H groups in total. The highest BCUT2D eigenvalue weighted by atomic mass is 28.1. The van der Waals surface area contributed by atoms with Crippen LogP contribution in [0.2, 0.25) is 6.04 Å². The number of carbonyl (C=O) groups is 3. The lowest BCUT2D eigenvalue weighted by atomic mass is 10.5. The van der Waals surface area contributed by atoms with Crippen molar-refractivity contribution in [2.45, 2.75) is 32.8 Å². The Morgan fingerprint density at radius 1 is 1.07 bits per heavy atom. The first-order valence-corrected chi connectivity index (χ1v) is 5.19. The van der Waals surface area contributed by atoms with Gasteiger partial charge in [-0.3, -0.25) is 14.4 Å². The number of esters is 3. The first-order valence-electron chi connectivity index (χ1n) is 4.90. The molecule has 0 aliphatic carbocycles. The molecular weight excluding hydrogens is 220 g/mol. The summed E-state index contributed by atoms with van der Waals surface area (Å²) in [5, 5.41) is 0. The van der Waals surface area contributed by atoms with Gasteiger partial charge in [0.15, 0.2) is 0 Å². The van der Waals surface area contributed by atoms with Gasteiger partial charge in [0.25, 0.3) is 0 Å². The second-order valence-electron chi connectivity index (χ2n) is 2.71. The van der Waals surface area contributed by atoms with Gasteiger partial charge in [0.2, 0.25) is 0 Å². The fourth-order valence-electron chi connectivity index (χ4n) is 0.873. The third-order valence-electron chi connectivity index (χ3n) is 1.20. The average Bonchev–Trinajstić information content (AvgIpc) is 1.98. The van der Waals surface area contributed by atoms with Crippen LogP contribution in [-0.2, 0) is 28.6 Å². The molecule has 0 saturated carbocycles. The second kappa shape index (κ2) is 5.49. The zero-order valence-corrected chi connectivity index (χ0v) is 10.3. The normalized spacial score (nSPS) is 12.1. The van der Waals surface area contributed by atoms with Crippen LogP contribution in [0.5, 0.6) is 0 Å². The van der Waals surface area contributed by atoms with Gasteiger partial charge in [0.1, 0.15) is 0 Å². The van der Waals surface area contributed by atoms with Gasteiger partial charge >= 0.3 is 23.9 Å². The highest BCUT2D eigenvalue weighted by Crippen LogP contribution is 2.20. The highest BCUT2D eigenvalue weighted by Gasteiger charge is 2.39. The van der Waals surface area contributed by atoms with Crippen molar-refractivity contribution < 1.29 is 28.6 Å². The molecule has 0 atom stereocenters. The molecule has 0 heterocycles. The molecule has 0 saturated heterocycles. The minimum Gasteiger partial charge on any atom is -0.388 e. The fraction of sp³-hybridized carbons (Fsp3) is 0.625. The van der Waals surface area contributed by atoms with Crippen LogP contribution in [0.4, 0.5) is 0 Å². The Hall–Kier alpha value is -1.37. The topological polar surface area (TPSA) is 78.9 Å². The van der Waals surface area contributed by atoms with Gasteiger partial charge in [-0.15, -0.1) is 0 Å². The van der Waals surface area contributed by atoms with Crippen molar-refractivity contribution in [1.82, 2.24) is 0 Å². The lowest BCUT2D eigenvalue weighted by molar-refractivity contribution is -0.317. The molecule has 0 rings (SSSR count). The number of carbonyl (C=O) groups excluding carboxylic acids is 3. The van der Waals surface area contributed by atoms with Gasteiger partial charge in [0, 0.05) is 32.2 Å². The van der Waals surface area contributed by atoms with Crippen LogP contribution in [0.3, 0.4) is 0 Å². The van der Waals surface area contributed by atoms with E-state index in [1.165, 1.54) is 0 Å².